The van der Waals surface area contributed by atoms with Crippen LogP contribution >= 0.6 is 15.9 Å². The van der Waals surface area contributed by atoms with E-state index in [-0.39, 0.29) is 0 Å². The van der Waals surface area contributed by atoms with Crippen LogP contribution in [0.25, 0.3) is 5.69 Å². The van der Waals surface area contributed by atoms with E-state index in [1.165, 1.54) is 11.3 Å². The summed E-state index contributed by atoms with van der Waals surface area (Å²) in [6.07, 6.45) is 7.19. The lowest BCUT2D eigenvalue weighted by molar-refractivity contribution is 0.568. The van der Waals surface area contributed by atoms with Gasteiger partial charge < -0.3 is 9.88 Å². The Morgan fingerprint density at radius 2 is 2.10 bits per heavy atom. The second kappa shape index (κ2) is 7.76. The van der Waals surface area contributed by atoms with Crippen LogP contribution in [0.3, 0.4) is 0 Å². The number of hydrogen-bond donors (Lipinski definition) is 1. The summed E-state index contributed by atoms with van der Waals surface area (Å²) in [6, 6.07) is 6.81. The molecule has 1 aromatic heterocycles. The predicted molar refractivity (Wildman–Crippen MR) is 92.0 cm³/mol. The largest absolute Gasteiger partial charge is 0.310 e. The van der Waals surface area contributed by atoms with Crippen molar-refractivity contribution in [3.8, 4) is 5.69 Å². The Bertz CT molecular complexity index is 577. The van der Waals surface area contributed by atoms with Crippen molar-refractivity contribution >= 4 is 15.9 Å². The fraction of sp³-hybridized carbons (Fsp3) is 0.471. The molecule has 1 aromatic carbocycles. The molecule has 4 heteroatoms. The van der Waals surface area contributed by atoms with E-state index in [0.29, 0.717) is 6.04 Å². The van der Waals surface area contributed by atoms with Crippen LogP contribution in [0.1, 0.15) is 51.0 Å². The summed E-state index contributed by atoms with van der Waals surface area (Å²) in [7, 11) is 0. The Labute approximate surface area is 135 Å². The lowest BCUT2D eigenvalue weighted by atomic mass is 10.1. The van der Waals surface area contributed by atoms with Gasteiger partial charge in [-0.2, -0.15) is 0 Å². The molecular formula is C17H24BrN3. The monoisotopic (exact) mass is 349 g/mol. The number of hydrogen-bond acceptors (Lipinski definition) is 2. The maximum atomic E-state index is 4.50. The Balaban J connectivity index is 2.41. The molecule has 0 saturated carbocycles. The second-order valence-corrected chi connectivity index (χ2v) is 6.26. The van der Waals surface area contributed by atoms with Crippen LogP contribution in [-0.4, -0.2) is 16.1 Å². The molecule has 114 valence electrons. The molecule has 1 unspecified atom stereocenters. The van der Waals surface area contributed by atoms with Crippen LogP contribution in [0, 0.1) is 0 Å². The molecule has 3 nitrogen and oxygen atoms in total. The van der Waals surface area contributed by atoms with Crippen LogP contribution in [-0.2, 0) is 6.42 Å². The summed E-state index contributed by atoms with van der Waals surface area (Å²) in [6.45, 7) is 7.63. The van der Waals surface area contributed by atoms with Gasteiger partial charge in [0.25, 0.3) is 0 Å². The van der Waals surface area contributed by atoms with Crippen LogP contribution in [0.2, 0.25) is 0 Å². The number of aryl methyl sites for hydroxylation is 1. The molecular weight excluding hydrogens is 326 g/mol. The van der Waals surface area contributed by atoms with E-state index in [2.05, 4.69) is 76.0 Å². The Morgan fingerprint density at radius 1 is 1.29 bits per heavy atom. The number of imidazole rings is 1. The smallest absolute Gasteiger partial charge is 0.113 e. The quantitative estimate of drug-likeness (QED) is 0.788. The van der Waals surface area contributed by atoms with Gasteiger partial charge in [-0.1, -0.05) is 35.8 Å². The SMILES string of the molecule is CCCNC(C)c1ccc(Br)cc1-n1ccnc1CCC. The van der Waals surface area contributed by atoms with Crippen molar-refractivity contribution in [2.24, 2.45) is 0 Å². The van der Waals surface area contributed by atoms with Gasteiger partial charge >= 0.3 is 0 Å². The average molecular weight is 350 g/mol. The first-order valence-electron chi connectivity index (χ1n) is 7.72. The van der Waals surface area contributed by atoms with Gasteiger partial charge in [0.1, 0.15) is 5.82 Å². The van der Waals surface area contributed by atoms with Crippen molar-refractivity contribution < 1.29 is 0 Å². The summed E-state index contributed by atoms with van der Waals surface area (Å²) in [5.41, 5.74) is 2.52. The zero-order valence-electron chi connectivity index (χ0n) is 13.1. The van der Waals surface area contributed by atoms with Gasteiger partial charge in [0.15, 0.2) is 0 Å². The van der Waals surface area contributed by atoms with Gasteiger partial charge in [-0.05, 0) is 44.0 Å². The van der Waals surface area contributed by atoms with Crippen LogP contribution in [0.4, 0.5) is 0 Å². The molecule has 0 aliphatic heterocycles. The van der Waals surface area contributed by atoms with E-state index >= 15 is 0 Å². The highest BCUT2D eigenvalue weighted by molar-refractivity contribution is 9.10. The van der Waals surface area contributed by atoms with E-state index < -0.39 is 0 Å². The molecule has 0 radical (unpaired) electrons. The van der Waals surface area contributed by atoms with Crippen LogP contribution < -0.4 is 5.32 Å². The molecule has 0 saturated heterocycles. The van der Waals surface area contributed by atoms with Crippen molar-refractivity contribution in [1.82, 2.24) is 14.9 Å². The minimum absolute atomic E-state index is 0.324. The van der Waals surface area contributed by atoms with Crippen LogP contribution in [0.5, 0.6) is 0 Å². The van der Waals surface area contributed by atoms with Crippen molar-refractivity contribution in [2.45, 2.75) is 46.1 Å². The van der Waals surface area contributed by atoms with Gasteiger partial charge in [-0.15, -0.1) is 0 Å². The second-order valence-electron chi connectivity index (χ2n) is 5.34. The Kier molecular flexibility index (Phi) is 6.00. The Hall–Kier alpha value is -1.13. The molecule has 0 amide bonds. The molecule has 0 aliphatic rings. The molecule has 0 aliphatic carbocycles. The first-order valence-corrected chi connectivity index (χ1v) is 8.52. The maximum Gasteiger partial charge on any atom is 0.113 e. The van der Waals surface area contributed by atoms with Crippen molar-refractivity contribution in [3.05, 3.63) is 46.5 Å². The first-order chi connectivity index (χ1) is 10.2. The molecule has 1 heterocycles. The van der Waals surface area contributed by atoms with Crippen LogP contribution in [0.15, 0.2) is 35.1 Å². The number of halogens is 1. The Morgan fingerprint density at radius 3 is 2.81 bits per heavy atom. The van der Waals surface area contributed by atoms with Crippen molar-refractivity contribution in [3.63, 3.8) is 0 Å². The lowest BCUT2D eigenvalue weighted by Gasteiger charge is -2.20. The minimum atomic E-state index is 0.324. The molecule has 21 heavy (non-hydrogen) atoms. The van der Waals surface area contributed by atoms with Gasteiger partial charge in [-0.3, -0.25) is 0 Å². The van der Waals surface area contributed by atoms with E-state index in [1.807, 2.05) is 6.20 Å². The average Bonchev–Trinajstić information content (AvgIpc) is 2.93. The molecule has 0 bridgehead atoms. The zero-order chi connectivity index (χ0) is 15.2. The molecule has 0 spiro atoms. The summed E-state index contributed by atoms with van der Waals surface area (Å²) in [4.78, 5) is 4.50. The highest BCUT2D eigenvalue weighted by atomic mass is 79.9. The summed E-state index contributed by atoms with van der Waals surface area (Å²) in [5.74, 6) is 1.12. The van der Waals surface area contributed by atoms with Gasteiger partial charge in [0.2, 0.25) is 0 Å². The third-order valence-corrected chi connectivity index (χ3v) is 4.10. The van der Waals surface area contributed by atoms with E-state index in [0.717, 1.165) is 36.1 Å². The van der Waals surface area contributed by atoms with Gasteiger partial charge in [0, 0.05) is 29.3 Å². The minimum Gasteiger partial charge on any atom is -0.310 e. The third-order valence-electron chi connectivity index (χ3n) is 3.61. The number of nitrogens with zero attached hydrogens (tertiary/aromatic N) is 2. The van der Waals surface area contributed by atoms with E-state index in [4.69, 9.17) is 0 Å². The van der Waals surface area contributed by atoms with E-state index in [9.17, 15) is 0 Å². The fourth-order valence-corrected chi connectivity index (χ4v) is 2.87. The predicted octanol–water partition coefficient (Wildman–Crippen LogP) is 4.65. The first kappa shape index (κ1) is 16.2. The maximum absolute atomic E-state index is 4.50. The summed E-state index contributed by atoms with van der Waals surface area (Å²) >= 11 is 3.59. The number of benzene rings is 1. The summed E-state index contributed by atoms with van der Waals surface area (Å²) in [5, 5.41) is 3.57. The molecule has 1 atom stereocenters. The third kappa shape index (κ3) is 3.95. The van der Waals surface area contributed by atoms with Gasteiger partial charge in [0.05, 0.1) is 5.69 Å². The highest BCUT2D eigenvalue weighted by Gasteiger charge is 2.14. The molecule has 1 N–H and O–H groups in total. The fourth-order valence-electron chi connectivity index (χ4n) is 2.52. The number of rotatable bonds is 7. The normalized spacial score (nSPS) is 12.6. The molecule has 2 rings (SSSR count). The van der Waals surface area contributed by atoms with E-state index in [1.54, 1.807) is 0 Å². The summed E-state index contributed by atoms with van der Waals surface area (Å²) < 4.78 is 3.31. The number of nitrogens with one attached hydrogen (secondary N) is 1. The zero-order valence-corrected chi connectivity index (χ0v) is 14.7. The number of aromatic nitrogens is 2. The highest BCUT2D eigenvalue weighted by Crippen LogP contribution is 2.26. The lowest BCUT2D eigenvalue weighted by Crippen LogP contribution is -2.21. The standard InChI is InChI=1S/C17H24BrN3/c1-4-6-17-20-10-11-21(17)16-12-14(18)7-8-15(16)13(3)19-9-5-2/h7-8,10-13,19H,4-6,9H2,1-3H3. The van der Waals surface area contributed by atoms with Gasteiger partial charge in [-0.25, -0.2) is 4.98 Å². The molecule has 0 fully saturated rings. The van der Waals surface area contributed by atoms with Crippen molar-refractivity contribution in [1.29, 1.82) is 0 Å². The topological polar surface area (TPSA) is 29.9 Å². The molecule has 2 aromatic rings. The van der Waals surface area contributed by atoms with Crippen molar-refractivity contribution in [2.75, 3.05) is 6.54 Å².